The molecule has 1 saturated heterocycles. The van der Waals surface area contributed by atoms with E-state index in [0.717, 1.165) is 32.1 Å². The van der Waals surface area contributed by atoms with Crippen molar-refractivity contribution in [2.45, 2.75) is 129 Å². The first-order valence-corrected chi connectivity index (χ1v) is 11.1. The quantitative estimate of drug-likeness (QED) is 0.282. The summed E-state index contributed by atoms with van der Waals surface area (Å²) in [7, 11) is 0. The molecule has 1 N–H and O–H groups in total. The Morgan fingerprint density at radius 2 is 1.28 bits per heavy atom. The minimum atomic E-state index is -0.494. The molecule has 0 radical (unpaired) electrons. The molecule has 0 aromatic carbocycles. The highest BCUT2D eigenvalue weighted by Gasteiger charge is 2.36. The van der Waals surface area contributed by atoms with E-state index >= 15 is 0 Å². The molecule has 0 aromatic rings. The van der Waals surface area contributed by atoms with Crippen LogP contribution in [0.1, 0.15) is 117 Å². The molecule has 1 aliphatic heterocycles. The van der Waals surface area contributed by atoms with Gasteiger partial charge in [-0.15, -0.1) is 0 Å². The minimum absolute atomic E-state index is 0.0565. The number of carbonyl (C=O) groups is 1. The monoisotopic (exact) mass is 354 g/mol. The molecular weight excluding hydrogens is 312 g/mol. The van der Waals surface area contributed by atoms with E-state index in [4.69, 9.17) is 4.74 Å². The number of rotatable bonds is 15. The first-order valence-electron chi connectivity index (χ1n) is 11.1. The Morgan fingerprint density at radius 3 is 1.84 bits per heavy atom. The van der Waals surface area contributed by atoms with Gasteiger partial charge in [0.15, 0.2) is 0 Å². The van der Waals surface area contributed by atoms with Crippen molar-refractivity contribution in [3.05, 3.63) is 0 Å². The van der Waals surface area contributed by atoms with Crippen LogP contribution in [0.2, 0.25) is 0 Å². The number of carbonyl (C=O) groups excluding carboxylic acids is 1. The molecule has 0 saturated carbocycles. The number of hydrogen-bond acceptors (Lipinski definition) is 3. The molecule has 3 atom stereocenters. The summed E-state index contributed by atoms with van der Waals surface area (Å²) in [6.07, 6.45) is 18.1. The lowest BCUT2D eigenvalue weighted by Gasteiger charge is -2.32. The number of hydrogen-bond donors (Lipinski definition) is 1. The van der Waals surface area contributed by atoms with Crippen molar-refractivity contribution in [2.75, 3.05) is 0 Å². The summed E-state index contributed by atoms with van der Waals surface area (Å²) in [4.78, 5) is 12.2. The van der Waals surface area contributed by atoms with Gasteiger partial charge in [0, 0.05) is 6.42 Å². The molecule has 0 aliphatic carbocycles. The third-order valence-electron chi connectivity index (χ3n) is 5.55. The highest BCUT2D eigenvalue weighted by Crippen LogP contribution is 2.28. The molecule has 0 bridgehead atoms. The fourth-order valence-corrected chi connectivity index (χ4v) is 3.85. The van der Waals surface area contributed by atoms with Crippen molar-refractivity contribution >= 4 is 5.97 Å². The maximum atomic E-state index is 12.2. The van der Waals surface area contributed by atoms with Gasteiger partial charge in [-0.2, -0.15) is 0 Å². The number of unbranched alkanes of at least 4 members (excludes halogenated alkanes) is 11. The summed E-state index contributed by atoms with van der Waals surface area (Å²) in [6, 6.07) is 0. The lowest BCUT2D eigenvalue weighted by Crippen LogP contribution is -2.41. The Kier molecular flexibility index (Phi) is 13.1. The van der Waals surface area contributed by atoms with Crippen molar-refractivity contribution in [1.82, 2.24) is 0 Å². The second kappa shape index (κ2) is 14.6. The maximum absolute atomic E-state index is 12.2. The second-order valence-corrected chi connectivity index (χ2v) is 7.93. The molecule has 3 heteroatoms. The van der Waals surface area contributed by atoms with Crippen LogP contribution in [-0.2, 0) is 9.53 Å². The molecule has 3 nitrogen and oxygen atoms in total. The molecule has 0 amide bonds. The summed E-state index contributed by atoms with van der Waals surface area (Å²) in [5, 5.41) is 10.3. The van der Waals surface area contributed by atoms with Gasteiger partial charge >= 0.3 is 5.97 Å². The van der Waals surface area contributed by atoms with Crippen LogP contribution in [-0.4, -0.2) is 23.3 Å². The Balaban J connectivity index is 2.06. The standard InChI is InChI=1S/C22H42O3/c1-3-5-7-9-10-11-12-13-14-16-19-18-21(23)20(22(24)25-19)17-15-8-6-4-2/h19-21,23H,3-18H2,1-2H3/t19-,20+,21?/m0/s1. The summed E-state index contributed by atoms with van der Waals surface area (Å²) in [5.74, 6) is -0.438. The van der Waals surface area contributed by atoms with E-state index in [2.05, 4.69) is 13.8 Å². The fourth-order valence-electron chi connectivity index (χ4n) is 3.85. The van der Waals surface area contributed by atoms with Crippen LogP contribution in [0.3, 0.4) is 0 Å². The van der Waals surface area contributed by atoms with Crippen molar-refractivity contribution < 1.29 is 14.6 Å². The van der Waals surface area contributed by atoms with Crippen LogP contribution in [0.25, 0.3) is 0 Å². The number of cyclic esters (lactones) is 1. The van der Waals surface area contributed by atoms with Gasteiger partial charge in [-0.25, -0.2) is 0 Å². The third kappa shape index (κ3) is 10.2. The molecule has 1 fully saturated rings. The normalized spacial score (nSPS) is 23.6. The van der Waals surface area contributed by atoms with Gasteiger partial charge in [-0.3, -0.25) is 4.79 Å². The zero-order valence-electron chi connectivity index (χ0n) is 16.8. The van der Waals surface area contributed by atoms with E-state index in [0.29, 0.717) is 6.42 Å². The Hall–Kier alpha value is -0.570. The summed E-state index contributed by atoms with van der Waals surface area (Å²) in [5.41, 5.74) is 0. The summed E-state index contributed by atoms with van der Waals surface area (Å²) in [6.45, 7) is 4.43. The van der Waals surface area contributed by atoms with Gasteiger partial charge in [0.2, 0.25) is 0 Å². The average molecular weight is 355 g/mol. The van der Waals surface area contributed by atoms with E-state index in [1.165, 1.54) is 64.2 Å². The van der Waals surface area contributed by atoms with Crippen molar-refractivity contribution in [1.29, 1.82) is 0 Å². The first-order chi connectivity index (χ1) is 12.2. The molecule has 1 heterocycles. The Bertz CT molecular complexity index is 329. The minimum Gasteiger partial charge on any atom is -0.462 e. The Morgan fingerprint density at radius 1 is 0.800 bits per heavy atom. The molecule has 25 heavy (non-hydrogen) atoms. The topological polar surface area (TPSA) is 46.5 Å². The highest BCUT2D eigenvalue weighted by molar-refractivity contribution is 5.74. The molecule has 1 unspecified atom stereocenters. The highest BCUT2D eigenvalue weighted by atomic mass is 16.5. The second-order valence-electron chi connectivity index (χ2n) is 7.93. The smallest absolute Gasteiger partial charge is 0.311 e. The predicted molar refractivity (Wildman–Crippen MR) is 105 cm³/mol. The SMILES string of the molecule is CCCCCCCCCCC[C@H]1CC(O)[C@@H](CCCCCC)C(=O)O1. The predicted octanol–water partition coefficient (Wildman–Crippen LogP) is 6.17. The maximum Gasteiger partial charge on any atom is 0.311 e. The summed E-state index contributed by atoms with van der Waals surface area (Å²) < 4.78 is 5.60. The van der Waals surface area contributed by atoms with Crippen LogP contribution in [0, 0.1) is 5.92 Å². The first kappa shape index (κ1) is 22.5. The van der Waals surface area contributed by atoms with Crippen LogP contribution in [0.5, 0.6) is 0 Å². The number of aliphatic hydroxyl groups is 1. The molecule has 1 aliphatic rings. The lowest BCUT2D eigenvalue weighted by atomic mass is 9.88. The third-order valence-corrected chi connectivity index (χ3v) is 5.55. The van der Waals surface area contributed by atoms with Crippen molar-refractivity contribution in [3.8, 4) is 0 Å². The van der Waals surface area contributed by atoms with E-state index in [9.17, 15) is 9.90 Å². The van der Waals surface area contributed by atoms with E-state index in [1.807, 2.05) is 0 Å². The van der Waals surface area contributed by atoms with Crippen LogP contribution in [0.15, 0.2) is 0 Å². The van der Waals surface area contributed by atoms with Gasteiger partial charge in [-0.05, 0) is 19.3 Å². The molecule has 148 valence electrons. The molecular formula is C22H42O3. The van der Waals surface area contributed by atoms with Crippen LogP contribution < -0.4 is 0 Å². The van der Waals surface area contributed by atoms with Crippen molar-refractivity contribution in [3.63, 3.8) is 0 Å². The Labute approximate surface area is 155 Å². The zero-order valence-corrected chi connectivity index (χ0v) is 16.8. The van der Waals surface area contributed by atoms with E-state index < -0.39 is 6.10 Å². The van der Waals surface area contributed by atoms with Gasteiger partial charge in [-0.1, -0.05) is 90.9 Å². The zero-order chi connectivity index (χ0) is 18.3. The number of esters is 1. The fraction of sp³-hybridized carbons (Fsp3) is 0.955. The van der Waals surface area contributed by atoms with Gasteiger partial charge in [0.1, 0.15) is 6.10 Å². The number of aliphatic hydroxyl groups excluding tert-OH is 1. The summed E-state index contributed by atoms with van der Waals surface area (Å²) >= 11 is 0. The molecule has 1 rings (SSSR count). The average Bonchev–Trinajstić information content (AvgIpc) is 2.59. The van der Waals surface area contributed by atoms with Crippen LogP contribution in [0.4, 0.5) is 0 Å². The largest absolute Gasteiger partial charge is 0.462 e. The lowest BCUT2D eigenvalue weighted by molar-refractivity contribution is -0.170. The van der Waals surface area contributed by atoms with E-state index in [-0.39, 0.29) is 18.0 Å². The van der Waals surface area contributed by atoms with Crippen LogP contribution >= 0.6 is 0 Å². The van der Waals surface area contributed by atoms with Gasteiger partial charge in [0.25, 0.3) is 0 Å². The van der Waals surface area contributed by atoms with Gasteiger partial charge in [0.05, 0.1) is 12.0 Å². The molecule has 0 aromatic heterocycles. The van der Waals surface area contributed by atoms with E-state index in [1.54, 1.807) is 0 Å². The van der Waals surface area contributed by atoms with Gasteiger partial charge < -0.3 is 9.84 Å². The van der Waals surface area contributed by atoms with Crippen molar-refractivity contribution in [2.24, 2.45) is 5.92 Å². The number of ether oxygens (including phenoxy) is 1. The molecule has 0 spiro atoms.